The summed E-state index contributed by atoms with van der Waals surface area (Å²) in [5, 5.41) is 22.2. The number of benzene rings is 1. The Morgan fingerprint density at radius 1 is 1.50 bits per heavy atom. The molecule has 1 amide bonds. The number of nitro benzene ring substituents is 1. The molecule has 1 fully saturated rings. The lowest BCUT2D eigenvalue weighted by Gasteiger charge is -2.06. The van der Waals surface area contributed by atoms with Gasteiger partial charge in [0.05, 0.1) is 9.82 Å². The molecule has 0 radical (unpaired) electrons. The largest absolute Gasteiger partial charge is 0.349 e. The molecule has 0 unspecified atom stereocenters. The molecule has 0 spiro atoms. The Morgan fingerprint density at radius 2 is 2.27 bits per heavy atom. The van der Waals surface area contributed by atoms with Gasteiger partial charge in [-0.05, 0) is 36.7 Å². The fraction of sp³-hybridized carbons (Fsp3) is 0.308. The first-order valence-electron chi connectivity index (χ1n) is 6.66. The SMILES string of the molecule is Cn1cnnc1Sc1ccc(C(=O)NC2CC2)cc1[N+](=O)[O-]. The van der Waals surface area contributed by atoms with E-state index in [9.17, 15) is 14.9 Å². The summed E-state index contributed by atoms with van der Waals surface area (Å²) in [6.45, 7) is 0. The quantitative estimate of drug-likeness (QED) is 0.665. The molecule has 0 saturated heterocycles. The van der Waals surface area contributed by atoms with E-state index in [1.54, 1.807) is 23.7 Å². The van der Waals surface area contributed by atoms with Crippen LogP contribution in [-0.4, -0.2) is 31.6 Å². The number of hydrogen-bond donors (Lipinski definition) is 1. The van der Waals surface area contributed by atoms with Gasteiger partial charge in [0.2, 0.25) is 0 Å². The highest BCUT2D eigenvalue weighted by molar-refractivity contribution is 7.99. The molecule has 1 aromatic heterocycles. The molecule has 8 nitrogen and oxygen atoms in total. The molecule has 114 valence electrons. The van der Waals surface area contributed by atoms with Gasteiger partial charge in [-0.25, -0.2) is 0 Å². The van der Waals surface area contributed by atoms with E-state index in [0.29, 0.717) is 15.6 Å². The number of carbonyl (C=O) groups excluding carboxylic acids is 1. The third-order valence-corrected chi connectivity index (χ3v) is 4.32. The van der Waals surface area contributed by atoms with Crippen LogP contribution in [0, 0.1) is 10.1 Å². The third kappa shape index (κ3) is 3.08. The zero-order valence-corrected chi connectivity index (χ0v) is 12.5. The molecule has 1 heterocycles. The van der Waals surface area contributed by atoms with E-state index in [0.717, 1.165) is 24.6 Å². The molecule has 0 bridgehead atoms. The standard InChI is InChI=1S/C13H13N5O3S/c1-17-7-14-16-13(17)22-11-5-2-8(6-10(11)18(20)21)12(19)15-9-3-4-9/h2,5-7,9H,3-4H2,1H3,(H,15,19). The maximum atomic E-state index is 12.0. The van der Waals surface area contributed by atoms with Crippen LogP contribution in [0.5, 0.6) is 0 Å². The summed E-state index contributed by atoms with van der Waals surface area (Å²) in [5.41, 5.74) is 0.178. The Morgan fingerprint density at radius 3 is 2.86 bits per heavy atom. The van der Waals surface area contributed by atoms with Crippen molar-refractivity contribution in [3.05, 3.63) is 40.2 Å². The van der Waals surface area contributed by atoms with E-state index in [2.05, 4.69) is 15.5 Å². The van der Waals surface area contributed by atoms with E-state index >= 15 is 0 Å². The highest BCUT2D eigenvalue weighted by Crippen LogP contribution is 2.34. The molecule has 1 aliphatic carbocycles. The van der Waals surface area contributed by atoms with E-state index in [-0.39, 0.29) is 17.6 Å². The molecule has 0 aliphatic heterocycles. The average molecular weight is 319 g/mol. The van der Waals surface area contributed by atoms with Gasteiger partial charge in [-0.3, -0.25) is 14.9 Å². The lowest BCUT2D eigenvalue weighted by molar-refractivity contribution is -0.387. The first-order chi connectivity index (χ1) is 10.5. The number of aryl methyl sites for hydroxylation is 1. The molecule has 1 saturated carbocycles. The van der Waals surface area contributed by atoms with Gasteiger partial charge in [0.25, 0.3) is 11.6 Å². The summed E-state index contributed by atoms with van der Waals surface area (Å²) in [6.07, 6.45) is 3.45. The highest BCUT2D eigenvalue weighted by atomic mass is 32.2. The van der Waals surface area contributed by atoms with Crippen LogP contribution in [0.4, 0.5) is 5.69 Å². The Balaban J connectivity index is 1.88. The predicted octanol–water partition coefficient (Wildman–Crippen LogP) is 1.77. The van der Waals surface area contributed by atoms with E-state index in [1.165, 1.54) is 12.4 Å². The van der Waals surface area contributed by atoms with Gasteiger partial charge in [-0.2, -0.15) is 0 Å². The lowest BCUT2D eigenvalue weighted by Crippen LogP contribution is -2.25. The van der Waals surface area contributed by atoms with Crippen molar-refractivity contribution >= 4 is 23.4 Å². The smallest absolute Gasteiger partial charge is 0.284 e. The fourth-order valence-electron chi connectivity index (χ4n) is 1.85. The Kier molecular flexibility index (Phi) is 3.80. The molecular weight excluding hydrogens is 306 g/mol. The summed E-state index contributed by atoms with van der Waals surface area (Å²) < 4.78 is 1.67. The minimum absolute atomic E-state index is 0.114. The first-order valence-corrected chi connectivity index (χ1v) is 7.47. The zero-order chi connectivity index (χ0) is 15.7. The van der Waals surface area contributed by atoms with Crippen molar-refractivity contribution in [3.63, 3.8) is 0 Å². The fourth-order valence-corrected chi connectivity index (χ4v) is 2.70. The van der Waals surface area contributed by atoms with Crippen LogP contribution in [0.1, 0.15) is 23.2 Å². The van der Waals surface area contributed by atoms with Gasteiger partial charge in [0, 0.05) is 24.7 Å². The first kappa shape index (κ1) is 14.5. The Bertz CT molecular complexity index is 741. The molecule has 3 rings (SSSR count). The van der Waals surface area contributed by atoms with Gasteiger partial charge in [0.1, 0.15) is 6.33 Å². The minimum Gasteiger partial charge on any atom is -0.349 e. The van der Waals surface area contributed by atoms with Crippen LogP contribution in [0.25, 0.3) is 0 Å². The molecule has 9 heteroatoms. The van der Waals surface area contributed by atoms with Crippen LogP contribution in [-0.2, 0) is 7.05 Å². The monoisotopic (exact) mass is 319 g/mol. The number of amides is 1. The van der Waals surface area contributed by atoms with Crippen LogP contribution >= 0.6 is 11.8 Å². The van der Waals surface area contributed by atoms with E-state index in [4.69, 9.17) is 0 Å². The number of nitrogens with zero attached hydrogens (tertiary/aromatic N) is 4. The van der Waals surface area contributed by atoms with Crippen molar-refractivity contribution in [3.8, 4) is 0 Å². The van der Waals surface area contributed by atoms with Crippen LogP contribution in [0.15, 0.2) is 34.6 Å². The van der Waals surface area contributed by atoms with Gasteiger partial charge in [-0.1, -0.05) is 0 Å². The van der Waals surface area contributed by atoms with Crippen LogP contribution in [0.2, 0.25) is 0 Å². The number of nitro groups is 1. The summed E-state index contributed by atoms with van der Waals surface area (Å²) in [6, 6.07) is 4.67. The topological polar surface area (TPSA) is 103 Å². The molecule has 1 aliphatic rings. The number of aromatic nitrogens is 3. The summed E-state index contributed by atoms with van der Waals surface area (Å²) in [7, 11) is 1.76. The minimum atomic E-state index is -0.493. The number of carbonyl (C=O) groups is 1. The van der Waals surface area contributed by atoms with E-state index < -0.39 is 4.92 Å². The maximum absolute atomic E-state index is 12.0. The molecule has 2 aromatic rings. The van der Waals surface area contributed by atoms with Gasteiger partial charge in [0.15, 0.2) is 5.16 Å². The van der Waals surface area contributed by atoms with Crippen LogP contribution < -0.4 is 5.32 Å². The molecule has 0 atom stereocenters. The Labute approximate surface area is 130 Å². The van der Waals surface area contributed by atoms with Gasteiger partial charge < -0.3 is 9.88 Å². The predicted molar refractivity (Wildman–Crippen MR) is 78.7 cm³/mol. The van der Waals surface area contributed by atoms with Crippen LogP contribution in [0.3, 0.4) is 0 Å². The normalized spacial score (nSPS) is 13.9. The van der Waals surface area contributed by atoms with Crippen molar-refractivity contribution in [2.75, 3.05) is 0 Å². The number of rotatable bonds is 5. The Hall–Kier alpha value is -2.42. The zero-order valence-electron chi connectivity index (χ0n) is 11.7. The summed E-state index contributed by atoms with van der Waals surface area (Å²) in [5.74, 6) is -0.277. The van der Waals surface area contributed by atoms with Crippen molar-refractivity contribution in [1.82, 2.24) is 20.1 Å². The van der Waals surface area contributed by atoms with Crippen molar-refractivity contribution < 1.29 is 9.72 Å². The number of nitrogens with one attached hydrogen (secondary N) is 1. The maximum Gasteiger partial charge on any atom is 0.284 e. The highest BCUT2D eigenvalue weighted by Gasteiger charge is 2.25. The average Bonchev–Trinajstić information content (AvgIpc) is 3.21. The second kappa shape index (κ2) is 5.76. The van der Waals surface area contributed by atoms with Gasteiger partial charge in [-0.15, -0.1) is 10.2 Å². The van der Waals surface area contributed by atoms with Crippen molar-refractivity contribution in [2.24, 2.45) is 7.05 Å². The lowest BCUT2D eigenvalue weighted by atomic mass is 10.2. The second-order valence-corrected chi connectivity index (χ2v) is 6.02. The molecule has 22 heavy (non-hydrogen) atoms. The van der Waals surface area contributed by atoms with E-state index in [1.807, 2.05) is 0 Å². The van der Waals surface area contributed by atoms with Crippen molar-refractivity contribution in [1.29, 1.82) is 0 Å². The van der Waals surface area contributed by atoms with Gasteiger partial charge >= 0.3 is 0 Å². The molecule has 1 N–H and O–H groups in total. The van der Waals surface area contributed by atoms with Crippen molar-refractivity contribution in [2.45, 2.75) is 28.9 Å². The third-order valence-electron chi connectivity index (χ3n) is 3.20. The summed E-state index contributed by atoms with van der Waals surface area (Å²) in [4.78, 5) is 23.2. The summed E-state index contributed by atoms with van der Waals surface area (Å²) >= 11 is 1.14. The second-order valence-electron chi connectivity index (χ2n) is 5.01. The molecular formula is C13H13N5O3S. The number of hydrogen-bond acceptors (Lipinski definition) is 6. The molecule has 1 aromatic carbocycles.